The SMILES string of the molecule is COc1cc(COc2c(Cl)cc(C[C@H](N)C(=O)O)cc2Cl)cc(NCC#Cc2ccccc2)c1. The molecular weight excluding hydrogens is 475 g/mol. The first kappa shape index (κ1) is 25.3. The summed E-state index contributed by atoms with van der Waals surface area (Å²) in [5.74, 6) is 6.07. The average Bonchev–Trinajstić information content (AvgIpc) is 2.81. The van der Waals surface area contributed by atoms with Crippen molar-refractivity contribution in [2.45, 2.75) is 19.1 Å². The van der Waals surface area contributed by atoms with Gasteiger partial charge in [0.05, 0.1) is 23.7 Å². The maximum atomic E-state index is 11.0. The smallest absolute Gasteiger partial charge is 0.320 e. The number of ether oxygens (including phenoxy) is 2. The molecule has 3 aromatic rings. The third-order valence-electron chi connectivity index (χ3n) is 4.80. The lowest BCUT2D eigenvalue weighted by molar-refractivity contribution is -0.138. The molecule has 0 aliphatic heterocycles. The molecule has 6 nitrogen and oxygen atoms in total. The molecule has 1 atom stereocenters. The van der Waals surface area contributed by atoms with Gasteiger partial charge in [-0.15, -0.1) is 0 Å². The molecule has 3 aromatic carbocycles. The summed E-state index contributed by atoms with van der Waals surface area (Å²) < 4.78 is 11.3. The predicted molar refractivity (Wildman–Crippen MR) is 135 cm³/mol. The van der Waals surface area contributed by atoms with Crippen molar-refractivity contribution in [3.05, 3.63) is 87.4 Å². The Morgan fingerprint density at radius 2 is 1.79 bits per heavy atom. The number of aliphatic carboxylic acids is 1. The third kappa shape index (κ3) is 7.32. The van der Waals surface area contributed by atoms with Crippen molar-refractivity contribution in [3.8, 4) is 23.3 Å². The first-order chi connectivity index (χ1) is 16.4. The fourth-order valence-corrected chi connectivity index (χ4v) is 3.78. The van der Waals surface area contributed by atoms with Gasteiger partial charge < -0.3 is 25.6 Å². The molecule has 34 heavy (non-hydrogen) atoms. The van der Waals surface area contributed by atoms with Gasteiger partial charge in [-0.05, 0) is 53.9 Å². The number of hydrogen-bond acceptors (Lipinski definition) is 5. The molecule has 0 unspecified atom stereocenters. The first-order valence-corrected chi connectivity index (χ1v) is 11.2. The molecule has 8 heteroatoms. The standard InChI is InChI=1S/C26H24Cl2N2O4/c1-33-21-11-19(10-20(15-21)30-9-5-8-17-6-3-2-4-7-17)16-34-25-22(27)12-18(13-23(25)28)14-24(29)26(31)32/h2-4,6-7,10-13,15,24,30H,9,14,16,29H2,1H3,(H,31,32)/t24-/m0/s1. The van der Waals surface area contributed by atoms with Crippen molar-refractivity contribution in [2.24, 2.45) is 5.73 Å². The van der Waals surface area contributed by atoms with E-state index in [9.17, 15) is 4.79 Å². The Balaban J connectivity index is 1.67. The number of carboxylic acid groups (broad SMARTS) is 1. The van der Waals surface area contributed by atoms with E-state index in [0.717, 1.165) is 16.8 Å². The van der Waals surface area contributed by atoms with Crippen molar-refractivity contribution in [1.29, 1.82) is 0 Å². The Kier molecular flexibility index (Phi) is 9.06. The maximum absolute atomic E-state index is 11.0. The number of nitrogens with two attached hydrogens (primary N) is 1. The molecule has 176 valence electrons. The van der Waals surface area contributed by atoms with Gasteiger partial charge in [-0.2, -0.15) is 0 Å². The quantitative estimate of drug-likeness (QED) is 0.359. The largest absolute Gasteiger partial charge is 0.497 e. The van der Waals surface area contributed by atoms with Gasteiger partial charge in [0, 0.05) is 17.3 Å². The second-order valence-electron chi connectivity index (χ2n) is 7.42. The number of carboxylic acids is 1. The van der Waals surface area contributed by atoms with E-state index in [-0.39, 0.29) is 23.1 Å². The molecule has 0 aliphatic carbocycles. The topological polar surface area (TPSA) is 93.8 Å². The van der Waals surface area contributed by atoms with Gasteiger partial charge in [-0.25, -0.2) is 0 Å². The van der Waals surface area contributed by atoms with Crippen LogP contribution >= 0.6 is 23.2 Å². The predicted octanol–water partition coefficient (Wildman–Crippen LogP) is 5.00. The lowest BCUT2D eigenvalue weighted by atomic mass is 10.1. The average molecular weight is 499 g/mol. The zero-order valence-corrected chi connectivity index (χ0v) is 20.0. The van der Waals surface area contributed by atoms with E-state index >= 15 is 0 Å². The van der Waals surface area contributed by atoms with Gasteiger partial charge in [0.15, 0.2) is 5.75 Å². The van der Waals surface area contributed by atoms with Crippen LogP contribution in [0.25, 0.3) is 0 Å². The molecule has 0 aliphatic rings. The monoisotopic (exact) mass is 498 g/mol. The summed E-state index contributed by atoms with van der Waals surface area (Å²) in [6.07, 6.45) is 0.104. The summed E-state index contributed by atoms with van der Waals surface area (Å²) in [6, 6.07) is 17.6. The van der Waals surface area contributed by atoms with Crippen molar-refractivity contribution in [3.63, 3.8) is 0 Å². The molecule has 0 aromatic heterocycles. The summed E-state index contributed by atoms with van der Waals surface area (Å²) >= 11 is 12.7. The van der Waals surface area contributed by atoms with Gasteiger partial charge >= 0.3 is 5.97 Å². The van der Waals surface area contributed by atoms with Crippen LogP contribution in [0.5, 0.6) is 11.5 Å². The van der Waals surface area contributed by atoms with Crippen LogP contribution in [-0.4, -0.2) is 30.8 Å². The molecule has 0 radical (unpaired) electrons. The van der Waals surface area contributed by atoms with Crippen molar-refractivity contribution >= 4 is 34.9 Å². The molecular formula is C26H24Cl2N2O4. The van der Waals surface area contributed by atoms with Gasteiger partial charge in [-0.3, -0.25) is 4.79 Å². The second kappa shape index (κ2) is 12.2. The number of halogens is 2. The maximum Gasteiger partial charge on any atom is 0.320 e. The Labute approximate surface area is 208 Å². The minimum absolute atomic E-state index is 0.104. The Morgan fingerprint density at radius 1 is 1.09 bits per heavy atom. The number of hydrogen-bond donors (Lipinski definition) is 3. The van der Waals surface area contributed by atoms with E-state index in [1.54, 1.807) is 19.2 Å². The number of anilines is 1. The number of benzene rings is 3. The number of rotatable bonds is 9. The van der Waals surface area contributed by atoms with Gasteiger partial charge in [-0.1, -0.05) is 53.2 Å². The van der Waals surface area contributed by atoms with E-state index in [1.165, 1.54) is 0 Å². The van der Waals surface area contributed by atoms with E-state index in [0.29, 0.717) is 23.6 Å². The van der Waals surface area contributed by atoms with Crippen LogP contribution in [0.15, 0.2) is 60.7 Å². The van der Waals surface area contributed by atoms with Crippen LogP contribution in [0, 0.1) is 11.8 Å². The van der Waals surface area contributed by atoms with Crippen molar-refractivity contribution < 1.29 is 19.4 Å². The molecule has 0 saturated carbocycles. The fraction of sp³-hybridized carbons (Fsp3) is 0.192. The molecule has 4 N–H and O–H groups in total. The highest BCUT2D eigenvalue weighted by Crippen LogP contribution is 2.35. The van der Waals surface area contributed by atoms with Crippen LogP contribution in [0.4, 0.5) is 5.69 Å². The number of carbonyl (C=O) groups is 1. The van der Waals surface area contributed by atoms with Crippen LogP contribution in [-0.2, 0) is 17.8 Å². The summed E-state index contributed by atoms with van der Waals surface area (Å²) in [5.41, 5.74) is 8.82. The van der Waals surface area contributed by atoms with Crippen LogP contribution in [0.2, 0.25) is 10.0 Å². The molecule has 0 amide bonds. The Hall–Kier alpha value is -3.37. The number of methoxy groups -OCH3 is 1. The first-order valence-electron chi connectivity index (χ1n) is 10.4. The highest BCUT2D eigenvalue weighted by molar-refractivity contribution is 6.37. The van der Waals surface area contributed by atoms with Crippen LogP contribution in [0.1, 0.15) is 16.7 Å². The molecule has 0 bridgehead atoms. The highest BCUT2D eigenvalue weighted by Gasteiger charge is 2.16. The van der Waals surface area contributed by atoms with Gasteiger partial charge in [0.25, 0.3) is 0 Å². The van der Waals surface area contributed by atoms with E-state index < -0.39 is 12.0 Å². The minimum atomic E-state index is -1.10. The molecule has 0 heterocycles. The molecule has 3 rings (SSSR count). The Bertz CT molecular complexity index is 1180. The van der Waals surface area contributed by atoms with E-state index in [2.05, 4.69) is 17.2 Å². The fourth-order valence-electron chi connectivity index (χ4n) is 3.14. The lowest BCUT2D eigenvalue weighted by Crippen LogP contribution is -2.32. The molecule has 0 fully saturated rings. The van der Waals surface area contributed by atoms with Crippen molar-refractivity contribution in [1.82, 2.24) is 0 Å². The molecule has 0 spiro atoms. The second-order valence-corrected chi connectivity index (χ2v) is 8.23. The third-order valence-corrected chi connectivity index (χ3v) is 5.36. The molecule has 0 saturated heterocycles. The number of nitrogens with one attached hydrogen (secondary N) is 1. The highest BCUT2D eigenvalue weighted by atomic mass is 35.5. The summed E-state index contributed by atoms with van der Waals surface area (Å²) in [6.45, 7) is 0.648. The Morgan fingerprint density at radius 3 is 2.44 bits per heavy atom. The van der Waals surface area contributed by atoms with Crippen molar-refractivity contribution in [2.75, 3.05) is 19.0 Å². The van der Waals surface area contributed by atoms with Crippen LogP contribution in [0.3, 0.4) is 0 Å². The summed E-state index contributed by atoms with van der Waals surface area (Å²) in [7, 11) is 1.59. The van der Waals surface area contributed by atoms with E-state index in [1.807, 2.05) is 48.5 Å². The minimum Gasteiger partial charge on any atom is -0.497 e. The zero-order chi connectivity index (χ0) is 24.5. The summed E-state index contributed by atoms with van der Waals surface area (Å²) in [4.78, 5) is 11.0. The summed E-state index contributed by atoms with van der Waals surface area (Å²) in [5, 5.41) is 12.8. The van der Waals surface area contributed by atoms with E-state index in [4.69, 9.17) is 43.5 Å². The normalized spacial score (nSPS) is 11.2. The lowest BCUT2D eigenvalue weighted by Gasteiger charge is -2.14. The van der Waals surface area contributed by atoms with Gasteiger partial charge in [0.2, 0.25) is 0 Å². The van der Waals surface area contributed by atoms with Gasteiger partial charge in [0.1, 0.15) is 18.4 Å². The zero-order valence-electron chi connectivity index (χ0n) is 18.5. The van der Waals surface area contributed by atoms with Crippen LogP contribution < -0.4 is 20.5 Å².